The highest BCUT2D eigenvalue weighted by atomic mass is 15.2. The number of rotatable bonds is 1. The minimum Gasteiger partial charge on any atom is -0.318 e. The molecule has 1 aromatic carbocycles. The number of fused-ring (bicyclic) bond motifs is 2. The lowest BCUT2D eigenvalue weighted by atomic mass is 9.58. The van der Waals surface area contributed by atoms with E-state index >= 15 is 0 Å². The maximum absolute atomic E-state index is 2.73. The largest absolute Gasteiger partial charge is 0.318 e. The van der Waals surface area contributed by atoms with Crippen LogP contribution in [0.5, 0.6) is 0 Å². The van der Waals surface area contributed by atoms with Crippen molar-refractivity contribution < 1.29 is 0 Å². The van der Waals surface area contributed by atoms with Crippen LogP contribution >= 0.6 is 0 Å². The molecule has 0 aromatic heterocycles. The molecule has 5 rings (SSSR count). The third-order valence-electron chi connectivity index (χ3n) is 7.29. The summed E-state index contributed by atoms with van der Waals surface area (Å²) in [5, 5.41) is 0. The molecule has 1 saturated carbocycles. The van der Waals surface area contributed by atoms with E-state index in [-0.39, 0.29) is 0 Å². The van der Waals surface area contributed by atoms with Crippen LogP contribution in [-0.2, 0) is 0 Å². The van der Waals surface area contributed by atoms with E-state index in [1.807, 2.05) is 11.1 Å². The summed E-state index contributed by atoms with van der Waals surface area (Å²) in [5.74, 6) is 0. The molecule has 132 valence electrons. The molecule has 1 fully saturated rings. The van der Waals surface area contributed by atoms with Crippen molar-refractivity contribution in [3.8, 4) is 0 Å². The highest BCUT2D eigenvalue weighted by Crippen LogP contribution is 2.59. The van der Waals surface area contributed by atoms with Crippen molar-refractivity contribution in [1.29, 1.82) is 0 Å². The number of hydrogen-bond acceptors (Lipinski definition) is 1. The second kappa shape index (κ2) is 6.34. The highest BCUT2D eigenvalue weighted by molar-refractivity contribution is 5.65. The van der Waals surface area contributed by atoms with Crippen molar-refractivity contribution in [2.75, 3.05) is 4.90 Å². The monoisotopic (exact) mass is 333 g/mol. The molecule has 3 aliphatic carbocycles. The highest BCUT2D eigenvalue weighted by Gasteiger charge is 2.47. The molecule has 4 aliphatic rings. The van der Waals surface area contributed by atoms with Crippen molar-refractivity contribution >= 4 is 5.69 Å². The number of nitrogens with zero attached hydrogens (tertiary/aromatic N) is 1. The van der Waals surface area contributed by atoms with Crippen LogP contribution in [0.3, 0.4) is 0 Å². The van der Waals surface area contributed by atoms with Crippen molar-refractivity contribution in [3.63, 3.8) is 0 Å². The third-order valence-corrected chi connectivity index (χ3v) is 7.29. The summed E-state index contributed by atoms with van der Waals surface area (Å²) in [5.41, 5.74) is 9.03. The van der Waals surface area contributed by atoms with Crippen LogP contribution < -0.4 is 4.90 Å². The molecular formula is C24H31N. The van der Waals surface area contributed by atoms with Gasteiger partial charge in [-0.25, -0.2) is 0 Å². The van der Waals surface area contributed by atoms with Gasteiger partial charge in [0.1, 0.15) is 0 Å². The molecule has 1 aromatic rings. The molecule has 0 radical (unpaired) electrons. The van der Waals surface area contributed by atoms with Gasteiger partial charge in [0, 0.05) is 22.5 Å². The molecule has 0 N–H and O–H groups in total. The van der Waals surface area contributed by atoms with E-state index < -0.39 is 0 Å². The van der Waals surface area contributed by atoms with E-state index in [1.54, 1.807) is 11.4 Å². The van der Waals surface area contributed by atoms with E-state index in [1.165, 1.54) is 89.2 Å². The summed E-state index contributed by atoms with van der Waals surface area (Å²) in [4.78, 5) is 2.73. The number of anilines is 1. The van der Waals surface area contributed by atoms with Gasteiger partial charge in [0.2, 0.25) is 0 Å². The zero-order valence-corrected chi connectivity index (χ0v) is 15.5. The minimum absolute atomic E-state index is 0.467. The van der Waals surface area contributed by atoms with Crippen LogP contribution in [0.4, 0.5) is 5.69 Å². The van der Waals surface area contributed by atoms with Crippen LogP contribution in [0.15, 0.2) is 52.9 Å². The van der Waals surface area contributed by atoms with Gasteiger partial charge in [-0.1, -0.05) is 37.5 Å². The first-order valence-electron chi connectivity index (χ1n) is 10.7. The standard InChI is InChI=1S/C24H31N/c1-3-11-19(12-4-1)25-22-15-7-5-13-20(22)24(17-9-2-10-18-24)21-14-6-8-16-23(21)25/h1,3-4,11-12H,2,5-10,13-18H2. The molecule has 1 aliphatic heterocycles. The molecule has 1 nitrogen and oxygen atoms in total. The predicted octanol–water partition coefficient (Wildman–Crippen LogP) is 7.11. The second-order valence-corrected chi connectivity index (χ2v) is 8.58. The van der Waals surface area contributed by atoms with Crippen molar-refractivity contribution in [2.45, 2.75) is 83.5 Å². The molecular weight excluding hydrogens is 302 g/mol. The van der Waals surface area contributed by atoms with Gasteiger partial charge in [-0.3, -0.25) is 0 Å². The molecule has 1 heterocycles. The lowest BCUT2D eigenvalue weighted by Crippen LogP contribution is -2.42. The van der Waals surface area contributed by atoms with E-state index in [4.69, 9.17) is 0 Å². The summed E-state index contributed by atoms with van der Waals surface area (Å²) < 4.78 is 0. The maximum atomic E-state index is 2.73. The van der Waals surface area contributed by atoms with Crippen LogP contribution in [-0.4, -0.2) is 0 Å². The molecule has 0 atom stereocenters. The first-order valence-corrected chi connectivity index (χ1v) is 10.7. The molecule has 0 bridgehead atoms. The number of benzene rings is 1. The first kappa shape index (κ1) is 15.7. The number of para-hydroxylation sites is 1. The molecule has 25 heavy (non-hydrogen) atoms. The van der Waals surface area contributed by atoms with Gasteiger partial charge >= 0.3 is 0 Å². The summed E-state index contributed by atoms with van der Waals surface area (Å²) >= 11 is 0. The Morgan fingerprint density at radius 2 is 1.16 bits per heavy atom. The summed E-state index contributed by atoms with van der Waals surface area (Å²) in [6.45, 7) is 0. The average molecular weight is 334 g/mol. The van der Waals surface area contributed by atoms with E-state index in [9.17, 15) is 0 Å². The summed E-state index contributed by atoms with van der Waals surface area (Å²) in [7, 11) is 0. The van der Waals surface area contributed by atoms with Gasteiger partial charge in [-0.15, -0.1) is 0 Å². The van der Waals surface area contributed by atoms with Crippen LogP contribution in [0.2, 0.25) is 0 Å². The molecule has 1 spiro atoms. The predicted molar refractivity (Wildman–Crippen MR) is 105 cm³/mol. The lowest BCUT2D eigenvalue weighted by Gasteiger charge is -2.53. The quantitative estimate of drug-likeness (QED) is 0.529. The van der Waals surface area contributed by atoms with Crippen LogP contribution in [0.1, 0.15) is 83.5 Å². The SMILES string of the molecule is c1ccc(N2C3=C(CCCC3)C3(CCCCC3)C3=C2CCCC3)cc1. The third kappa shape index (κ3) is 2.42. The smallest absolute Gasteiger partial charge is 0.0455 e. The molecule has 1 heteroatoms. The molecule has 0 amide bonds. The Labute approximate surface area is 152 Å². The zero-order valence-electron chi connectivity index (χ0n) is 15.5. The normalized spacial score (nSPS) is 25.8. The van der Waals surface area contributed by atoms with Crippen LogP contribution in [0.25, 0.3) is 0 Å². The fraction of sp³-hybridized carbons (Fsp3) is 0.583. The van der Waals surface area contributed by atoms with Gasteiger partial charge in [0.05, 0.1) is 0 Å². The number of allylic oxidation sites excluding steroid dienone is 4. The van der Waals surface area contributed by atoms with Crippen molar-refractivity contribution in [3.05, 3.63) is 52.9 Å². The fourth-order valence-electron chi connectivity index (χ4n) is 6.30. The Morgan fingerprint density at radius 1 is 0.600 bits per heavy atom. The Hall–Kier alpha value is -1.50. The minimum atomic E-state index is 0.467. The van der Waals surface area contributed by atoms with Gasteiger partial charge in [-0.05, 0) is 87.5 Å². The van der Waals surface area contributed by atoms with Crippen molar-refractivity contribution in [2.24, 2.45) is 5.41 Å². The summed E-state index contributed by atoms with van der Waals surface area (Å²) in [6, 6.07) is 11.2. The Bertz CT molecular complexity index is 667. The van der Waals surface area contributed by atoms with Gasteiger partial charge < -0.3 is 4.90 Å². The van der Waals surface area contributed by atoms with E-state index in [0.717, 1.165) is 0 Å². The first-order chi connectivity index (χ1) is 12.4. The van der Waals surface area contributed by atoms with Gasteiger partial charge in [-0.2, -0.15) is 0 Å². The average Bonchev–Trinajstić information content (AvgIpc) is 2.70. The second-order valence-electron chi connectivity index (χ2n) is 8.58. The fourth-order valence-corrected chi connectivity index (χ4v) is 6.30. The molecule has 0 saturated heterocycles. The zero-order chi connectivity index (χ0) is 16.7. The topological polar surface area (TPSA) is 3.24 Å². The van der Waals surface area contributed by atoms with Gasteiger partial charge in [0.25, 0.3) is 0 Å². The Kier molecular flexibility index (Phi) is 3.99. The van der Waals surface area contributed by atoms with E-state index in [0.29, 0.717) is 5.41 Å². The number of hydrogen-bond donors (Lipinski definition) is 0. The Balaban J connectivity index is 1.72. The molecule has 0 unspecified atom stereocenters. The van der Waals surface area contributed by atoms with Crippen LogP contribution in [0, 0.1) is 5.41 Å². The Morgan fingerprint density at radius 3 is 1.76 bits per heavy atom. The lowest BCUT2D eigenvalue weighted by molar-refractivity contribution is 0.252. The van der Waals surface area contributed by atoms with Gasteiger partial charge in [0.15, 0.2) is 0 Å². The van der Waals surface area contributed by atoms with Crippen molar-refractivity contribution in [1.82, 2.24) is 0 Å². The summed E-state index contributed by atoms with van der Waals surface area (Å²) in [6.07, 6.45) is 18.1. The maximum Gasteiger partial charge on any atom is 0.0455 e. The van der Waals surface area contributed by atoms with E-state index in [2.05, 4.69) is 35.2 Å².